The summed E-state index contributed by atoms with van der Waals surface area (Å²) in [7, 11) is 0. The maximum absolute atomic E-state index is 12.5. The quantitative estimate of drug-likeness (QED) is 0.719. The van der Waals surface area contributed by atoms with Gasteiger partial charge in [0.1, 0.15) is 5.76 Å². The number of carbonyl (C=O) groups excluding carboxylic acids is 1. The number of hydrogen-bond donors (Lipinski definition) is 0. The van der Waals surface area contributed by atoms with Crippen LogP contribution in [0.4, 0.5) is 13.2 Å². The Balaban J connectivity index is 2.11. The van der Waals surface area contributed by atoms with Crippen LogP contribution in [0.25, 0.3) is 0 Å². The number of thioether (sulfide) groups is 1. The Morgan fingerprint density at radius 3 is 2.50 bits per heavy atom. The van der Waals surface area contributed by atoms with Gasteiger partial charge in [-0.1, -0.05) is 0 Å². The largest absolute Gasteiger partial charge is 0.467 e. The highest BCUT2D eigenvalue weighted by Gasteiger charge is 2.29. The van der Waals surface area contributed by atoms with Crippen molar-refractivity contribution in [1.82, 2.24) is 4.90 Å². The summed E-state index contributed by atoms with van der Waals surface area (Å²) in [5, 5.41) is 8.72. The second-order valence-corrected chi connectivity index (χ2v) is 5.92. The summed E-state index contributed by atoms with van der Waals surface area (Å²) in [6.45, 7) is 0.391. The second-order valence-electron chi connectivity index (χ2n) is 4.79. The number of halogens is 3. The van der Waals surface area contributed by atoms with Crippen molar-refractivity contribution >= 4 is 17.7 Å². The monoisotopic (exact) mass is 354 g/mol. The molecule has 1 aromatic carbocycles. The molecular formula is C16H13F3N2O2S. The SMILES string of the molecule is N#CCCN(Cc1ccco1)C(=O)c1ccc(SC(F)(F)F)cc1. The van der Waals surface area contributed by atoms with E-state index in [0.29, 0.717) is 5.76 Å². The molecule has 2 aromatic rings. The highest BCUT2D eigenvalue weighted by Crippen LogP contribution is 2.36. The molecule has 0 radical (unpaired) electrons. The van der Waals surface area contributed by atoms with Gasteiger partial charge < -0.3 is 9.32 Å². The Morgan fingerprint density at radius 1 is 1.25 bits per heavy atom. The standard InChI is InChI=1S/C16H13F3N2O2S/c17-16(18,19)24-14-6-4-12(5-7-14)15(22)21(9-2-8-20)11-13-3-1-10-23-13/h1,3-7,10H,2,9,11H2. The molecule has 24 heavy (non-hydrogen) atoms. The molecule has 0 aliphatic heterocycles. The summed E-state index contributed by atoms with van der Waals surface area (Å²) in [5.74, 6) is 0.191. The number of furan rings is 1. The molecule has 0 aliphatic carbocycles. The maximum atomic E-state index is 12.5. The van der Waals surface area contributed by atoms with E-state index >= 15 is 0 Å². The van der Waals surface area contributed by atoms with Crippen molar-refractivity contribution < 1.29 is 22.4 Å². The van der Waals surface area contributed by atoms with Crippen LogP contribution in [0.3, 0.4) is 0 Å². The van der Waals surface area contributed by atoms with Gasteiger partial charge in [-0.2, -0.15) is 18.4 Å². The zero-order valence-corrected chi connectivity index (χ0v) is 13.2. The third-order valence-electron chi connectivity index (χ3n) is 3.04. The lowest BCUT2D eigenvalue weighted by Crippen LogP contribution is -2.31. The molecule has 0 aliphatic rings. The molecule has 126 valence electrons. The summed E-state index contributed by atoms with van der Waals surface area (Å²) in [6, 6.07) is 10.5. The summed E-state index contributed by atoms with van der Waals surface area (Å²) in [6.07, 6.45) is 1.62. The predicted octanol–water partition coefficient (Wildman–Crippen LogP) is 4.45. The van der Waals surface area contributed by atoms with Crippen LogP contribution in [-0.4, -0.2) is 22.9 Å². The molecule has 0 unspecified atom stereocenters. The molecule has 8 heteroatoms. The fourth-order valence-electron chi connectivity index (χ4n) is 2.01. The Bertz CT molecular complexity index is 706. The van der Waals surface area contributed by atoms with E-state index in [2.05, 4.69) is 0 Å². The smallest absolute Gasteiger partial charge is 0.446 e. The number of hydrogen-bond acceptors (Lipinski definition) is 4. The normalized spacial score (nSPS) is 11.1. The van der Waals surface area contributed by atoms with E-state index < -0.39 is 5.51 Å². The number of nitrogens with zero attached hydrogens (tertiary/aromatic N) is 2. The number of nitriles is 1. The van der Waals surface area contributed by atoms with Crippen molar-refractivity contribution in [2.75, 3.05) is 6.54 Å². The van der Waals surface area contributed by atoms with Crippen LogP contribution in [0.2, 0.25) is 0 Å². The zero-order chi connectivity index (χ0) is 17.6. The van der Waals surface area contributed by atoms with Gasteiger partial charge in [-0.05, 0) is 48.2 Å². The number of benzene rings is 1. The van der Waals surface area contributed by atoms with Gasteiger partial charge in [0, 0.05) is 17.0 Å². The molecular weight excluding hydrogens is 341 g/mol. The fourth-order valence-corrected chi connectivity index (χ4v) is 2.55. The maximum Gasteiger partial charge on any atom is 0.446 e. The second kappa shape index (κ2) is 7.93. The van der Waals surface area contributed by atoms with E-state index in [9.17, 15) is 18.0 Å². The third kappa shape index (κ3) is 5.35. The van der Waals surface area contributed by atoms with E-state index in [4.69, 9.17) is 9.68 Å². The molecule has 0 spiro atoms. The van der Waals surface area contributed by atoms with Gasteiger partial charge >= 0.3 is 5.51 Å². The summed E-state index contributed by atoms with van der Waals surface area (Å²) < 4.78 is 42.2. The predicted molar refractivity (Wildman–Crippen MR) is 82.0 cm³/mol. The summed E-state index contributed by atoms with van der Waals surface area (Å²) in [4.78, 5) is 14.0. The van der Waals surface area contributed by atoms with Crippen molar-refractivity contribution in [3.63, 3.8) is 0 Å². The average Bonchev–Trinajstić information content (AvgIpc) is 3.03. The zero-order valence-electron chi connectivity index (χ0n) is 12.4. The van der Waals surface area contributed by atoms with Crippen molar-refractivity contribution in [2.45, 2.75) is 23.4 Å². The first-order chi connectivity index (χ1) is 11.4. The van der Waals surface area contributed by atoms with Gasteiger partial charge in [0.2, 0.25) is 0 Å². The lowest BCUT2D eigenvalue weighted by Gasteiger charge is -2.20. The van der Waals surface area contributed by atoms with Crippen LogP contribution in [0.15, 0.2) is 52.0 Å². The van der Waals surface area contributed by atoms with Crippen LogP contribution < -0.4 is 0 Å². The Hall–Kier alpha value is -2.40. The molecule has 1 aromatic heterocycles. The molecule has 1 heterocycles. The van der Waals surface area contributed by atoms with Gasteiger partial charge in [-0.15, -0.1) is 0 Å². The molecule has 0 saturated heterocycles. The first kappa shape index (κ1) is 17.9. The number of rotatable bonds is 6. The highest BCUT2D eigenvalue weighted by molar-refractivity contribution is 8.00. The van der Waals surface area contributed by atoms with Crippen LogP contribution >= 0.6 is 11.8 Å². The van der Waals surface area contributed by atoms with Crippen LogP contribution in [0, 0.1) is 11.3 Å². The molecule has 2 rings (SSSR count). The summed E-state index contributed by atoms with van der Waals surface area (Å²) in [5.41, 5.74) is -4.12. The topological polar surface area (TPSA) is 57.2 Å². The summed E-state index contributed by atoms with van der Waals surface area (Å²) >= 11 is -0.236. The van der Waals surface area contributed by atoms with Crippen molar-refractivity contribution in [3.05, 3.63) is 54.0 Å². The molecule has 4 nitrogen and oxygen atoms in total. The van der Waals surface area contributed by atoms with Gasteiger partial charge in [0.15, 0.2) is 0 Å². The minimum atomic E-state index is -4.37. The van der Waals surface area contributed by atoms with E-state index in [0.717, 1.165) is 0 Å². The Kier molecular flexibility index (Phi) is 5.93. The number of alkyl halides is 3. The van der Waals surface area contributed by atoms with E-state index in [1.165, 1.54) is 35.4 Å². The van der Waals surface area contributed by atoms with E-state index in [-0.39, 0.29) is 47.6 Å². The third-order valence-corrected chi connectivity index (χ3v) is 3.78. The minimum absolute atomic E-state index is 0.00802. The first-order valence-corrected chi connectivity index (χ1v) is 7.75. The highest BCUT2D eigenvalue weighted by atomic mass is 32.2. The Labute approximate surface area is 140 Å². The van der Waals surface area contributed by atoms with Crippen LogP contribution in [0.5, 0.6) is 0 Å². The molecule has 0 bridgehead atoms. The Morgan fingerprint density at radius 2 is 1.96 bits per heavy atom. The number of carbonyl (C=O) groups is 1. The van der Waals surface area contributed by atoms with Gasteiger partial charge in [0.25, 0.3) is 5.91 Å². The van der Waals surface area contributed by atoms with E-state index in [1.807, 2.05) is 6.07 Å². The lowest BCUT2D eigenvalue weighted by molar-refractivity contribution is -0.0328. The molecule has 0 atom stereocenters. The molecule has 1 amide bonds. The molecule has 0 N–H and O–H groups in total. The van der Waals surface area contributed by atoms with Crippen molar-refractivity contribution in [2.24, 2.45) is 0 Å². The number of amides is 1. The lowest BCUT2D eigenvalue weighted by atomic mass is 10.2. The van der Waals surface area contributed by atoms with Gasteiger partial charge in [-0.3, -0.25) is 4.79 Å². The molecule has 0 saturated carbocycles. The van der Waals surface area contributed by atoms with E-state index in [1.54, 1.807) is 12.1 Å². The fraction of sp³-hybridized carbons (Fsp3) is 0.250. The first-order valence-electron chi connectivity index (χ1n) is 6.93. The van der Waals surface area contributed by atoms with Gasteiger partial charge in [0.05, 0.1) is 25.3 Å². The van der Waals surface area contributed by atoms with Crippen molar-refractivity contribution in [1.29, 1.82) is 5.26 Å². The van der Waals surface area contributed by atoms with Gasteiger partial charge in [-0.25, -0.2) is 0 Å². The van der Waals surface area contributed by atoms with Crippen LogP contribution in [-0.2, 0) is 6.54 Å². The molecule has 0 fully saturated rings. The minimum Gasteiger partial charge on any atom is -0.467 e. The van der Waals surface area contributed by atoms with Crippen LogP contribution in [0.1, 0.15) is 22.5 Å². The average molecular weight is 354 g/mol. The van der Waals surface area contributed by atoms with Crippen molar-refractivity contribution in [3.8, 4) is 6.07 Å².